The van der Waals surface area contributed by atoms with Gasteiger partial charge in [0.2, 0.25) is 0 Å². The largest absolute Gasteiger partial charge is 0.370 e. The summed E-state index contributed by atoms with van der Waals surface area (Å²) in [5.74, 6) is 0. The molecule has 0 atom stereocenters. The Bertz CT molecular complexity index is 528. The van der Waals surface area contributed by atoms with Crippen LogP contribution in [0, 0.1) is 0 Å². The standard InChI is InChI=1S/C15H18ClN3/c1-17-10-13-3-4-14(9-15(13)16)19(2)11-12-5-7-18-8-6-12/h3-9,17H,10-11H2,1-2H3. The molecule has 0 aliphatic carbocycles. The molecule has 100 valence electrons. The fourth-order valence-corrected chi connectivity index (χ4v) is 2.20. The van der Waals surface area contributed by atoms with Gasteiger partial charge in [0.25, 0.3) is 0 Å². The van der Waals surface area contributed by atoms with Gasteiger partial charge in [0.05, 0.1) is 0 Å². The lowest BCUT2D eigenvalue weighted by atomic mass is 10.2. The zero-order valence-corrected chi connectivity index (χ0v) is 12.0. The summed E-state index contributed by atoms with van der Waals surface area (Å²) in [5, 5.41) is 3.91. The fraction of sp³-hybridized carbons (Fsp3) is 0.267. The molecule has 2 rings (SSSR count). The summed E-state index contributed by atoms with van der Waals surface area (Å²) in [6.07, 6.45) is 3.62. The van der Waals surface area contributed by atoms with Crippen LogP contribution < -0.4 is 10.2 Å². The van der Waals surface area contributed by atoms with Crippen LogP contribution in [0.5, 0.6) is 0 Å². The summed E-state index contributed by atoms with van der Waals surface area (Å²) in [4.78, 5) is 6.20. The number of anilines is 1. The number of benzene rings is 1. The normalized spacial score (nSPS) is 10.5. The van der Waals surface area contributed by atoms with E-state index in [0.717, 1.165) is 29.4 Å². The average molecular weight is 276 g/mol. The highest BCUT2D eigenvalue weighted by molar-refractivity contribution is 6.31. The number of rotatable bonds is 5. The van der Waals surface area contributed by atoms with E-state index in [-0.39, 0.29) is 0 Å². The van der Waals surface area contributed by atoms with Crippen LogP contribution in [0.3, 0.4) is 0 Å². The highest BCUT2D eigenvalue weighted by Gasteiger charge is 2.05. The Kier molecular flexibility index (Phi) is 4.77. The molecular formula is C15H18ClN3. The van der Waals surface area contributed by atoms with Gasteiger partial charge in [-0.05, 0) is 42.4 Å². The molecule has 0 fully saturated rings. The van der Waals surface area contributed by atoms with Crippen LogP contribution >= 0.6 is 11.6 Å². The smallest absolute Gasteiger partial charge is 0.0471 e. The third kappa shape index (κ3) is 3.69. The van der Waals surface area contributed by atoms with Crippen molar-refractivity contribution in [2.45, 2.75) is 13.1 Å². The number of nitrogens with zero attached hydrogens (tertiary/aromatic N) is 2. The zero-order valence-electron chi connectivity index (χ0n) is 11.2. The minimum atomic E-state index is 0.785. The Hall–Kier alpha value is -1.58. The van der Waals surface area contributed by atoms with Crippen LogP contribution in [0.1, 0.15) is 11.1 Å². The van der Waals surface area contributed by atoms with E-state index in [1.54, 1.807) is 0 Å². The predicted molar refractivity (Wildman–Crippen MR) is 80.6 cm³/mol. The van der Waals surface area contributed by atoms with E-state index in [9.17, 15) is 0 Å². The van der Waals surface area contributed by atoms with Crippen LogP contribution in [0.2, 0.25) is 5.02 Å². The molecule has 1 N–H and O–H groups in total. The van der Waals surface area contributed by atoms with E-state index in [4.69, 9.17) is 11.6 Å². The predicted octanol–water partition coefficient (Wildman–Crippen LogP) is 3.09. The van der Waals surface area contributed by atoms with E-state index >= 15 is 0 Å². The molecule has 0 amide bonds. The lowest BCUT2D eigenvalue weighted by Crippen LogP contribution is -2.16. The van der Waals surface area contributed by atoms with Gasteiger partial charge in [0.15, 0.2) is 0 Å². The van der Waals surface area contributed by atoms with Crippen molar-refractivity contribution >= 4 is 17.3 Å². The number of hydrogen-bond acceptors (Lipinski definition) is 3. The van der Waals surface area contributed by atoms with Crippen LogP contribution in [0.25, 0.3) is 0 Å². The minimum absolute atomic E-state index is 0.785. The van der Waals surface area contributed by atoms with Gasteiger partial charge < -0.3 is 10.2 Å². The Labute approximate surface area is 119 Å². The van der Waals surface area contributed by atoms with Crippen molar-refractivity contribution in [2.24, 2.45) is 0 Å². The molecule has 0 bridgehead atoms. The second kappa shape index (κ2) is 6.55. The van der Waals surface area contributed by atoms with Gasteiger partial charge in [-0.15, -0.1) is 0 Å². The third-order valence-electron chi connectivity index (χ3n) is 3.01. The van der Waals surface area contributed by atoms with E-state index in [1.807, 2.05) is 37.6 Å². The molecular weight excluding hydrogens is 258 g/mol. The summed E-state index contributed by atoms with van der Waals surface area (Å²) in [6, 6.07) is 10.2. The molecule has 0 saturated heterocycles. The van der Waals surface area contributed by atoms with Gasteiger partial charge in [-0.1, -0.05) is 17.7 Å². The van der Waals surface area contributed by atoms with Crippen molar-refractivity contribution in [1.82, 2.24) is 10.3 Å². The van der Waals surface area contributed by atoms with E-state index in [0.29, 0.717) is 0 Å². The maximum Gasteiger partial charge on any atom is 0.0471 e. The first-order valence-corrected chi connectivity index (χ1v) is 6.61. The molecule has 0 aliphatic rings. The third-order valence-corrected chi connectivity index (χ3v) is 3.37. The molecule has 1 aromatic carbocycles. The van der Waals surface area contributed by atoms with Crippen molar-refractivity contribution in [3.05, 3.63) is 58.9 Å². The van der Waals surface area contributed by atoms with Crippen molar-refractivity contribution in [1.29, 1.82) is 0 Å². The Morgan fingerprint density at radius 3 is 2.58 bits per heavy atom. The summed E-state index contributed by atoms with van der Waals surface area (Å²) < 4.78 is 0. The van der Waals surface area contributed by atoms with Gasteiger partial charge in [-0.25, -0.2) is 0 Å². The number of pyridine rings is 1. The molecule has 3 nitrogen and oxygen atoms in total. The van der Waals surface area contributed by atoms with Crippen LogP contribution in [0.15, 0.2) is 42.7 Å². The molecule has 2 aromatic rings. The minimum Gasteiger partial charge on any atom is -0.370 e. The first kappa shape index (κ1) is 13.8. The van der Waals surface area contributed by atoms with Gasteiger partial charge in [-0.2, -0.15) is 0 Å². The molecule has 0 unspecified atom stereocenters. The number of hydrogen-bond donors (Lipinski definition) is 1. The maximum atomic E-state index is 6.28. The summed E-state index contributed by atoms with van der Waals surface area (Å²) >= 11 is 6.28. The summed E-state index contributed by atoms with van der Waals surface area (Å²) in [6.45, 7) is 1.62. The van der Waals surface area contributed by atoms with Crippen LogP contribution in [0.4, 0.5) is 5.69 Å². The molecule has 0 aliphatic heterocycles. The monoisotopic (exact) mass is 275 g/mol. The molecule has 0 spiro atoms. The second-order valence-electron chi connectivity index (χ2n) is 4.52. The van der Waals surface area contributed by atoms with Crippen molar-refractivity contribution in [2.75, 3.05) is 19.0 Å². The average Bonchev–Trinajstić information content (AvgIpc) is 2.42. The number of nitrogens with one attached hydrogen (secondary N) is 1. The van der Waals surface area contributed by atoms with Gasteiger partial charge in [-0.3, -0.25) is 4.98 Å². The summed E-state index contributed by atoms with van der Waals surface area (Å²) in [5.41, 5.74) is 3.46. The first-order chi connectivity index (χ1) is 9.20. The Morgan fingerprint density at radius 1 is 1.21 bits per heavy atom. The topological polar surface area (TPSA) is 28.2 Å². The second-order valence-corrected chi connectivity index (χ2v) is 4.92. The Morgan fingerprint density at radius 2 is 1.95 bits per heavy atom. The molecule has 1 aromatic heterocycles. The number of halogens is 1. The van der Waals surface area contributed by atoms with E-state index in [1.165, 1.54) is 5.56 Å². The molecule has 4 heteroatoms. The maximum absolute atomic E-state index is 6.28. The van der Waals surface area contributed by atoms with Crippen molar-refractivity contribution in [3.63, 3.8) is 0 Å². The highest BCUT2D eigenvalue weighted by Crippen LogP contribution is 2.24. The van der Waals surface area contributed by atoms with Gasteiger partial charge in [0, 0.05) is 43.2 Å². The lowest BCUT2D eigenvalue weighted by molar-refractivity contribution is 0.817. The van der Waals surface area contributed by atoms with E-state index < -0.39 is 0 Å². The summed E-state index contributed by atoms with van der Waals surface area (Å²) in [7, 11) is 3.98. The van der Waals surface area contributed by atoms with Gasteiger partial charge in [0.1, 0.15) is 0 Å². The van der Waals surface area contributed by atoms with Crippen LogP contribution in [-0.2, 0) is 13.1 Å². The highest BCUT2D eigenvalue weighted by atomic mass is 35.5. The van der Waals surface area contributed by atoms with Crippen LogP contribution in [-0.4, -0.2) is 19.1 Å². The Balaban J connectivity index is 2.11. The SMILES string of the molecule is CNCc1ccc(N(C)Cc2ccncc2)cc1Cl. The fourth-order valence-electron chi connectivity index (χ4n) is 1.96. The zero-order chi connectivity index (χ0) is 13.7. The number of aromatic nitrogens is 1. The lowest BCUT2D eigenvalue weighted by Gasteiger charge is -2.20. The van der Waals surface area contributed by atoms with Gasteiger partial charge >= 0.3 is 0 Å². The molecule has 0 saturated carbocycles. The molecule has 0 radical (unpaired) electrons. The molecule has 1 heterocycles. The van der Waals surface area contributed by atoms with E-state index in [2.05, 4.69) is 34.4 Å². The molecule has 19 heavy (non-hydrogen) atoms. The first-order valence-electron chi connectivity index (χ1n) is 6.24. The van der Waals surface area contributed by atoms with Crippen molar-refractivity contribution in [3.8, 4) is 0 Å². The quantitative estimate of drug-likeness (QED) is 0.909. The van der Waals surface area contributed by atoms with Crippen molar-refractivity contribution < 1.29 is 0 Å².